The number of nitrogens with zero attached hydrogens (tertiary/aromatic N) is 1. The van der Waals surface area contributed by atoms with Gasteiger partial charge < -0.3 is 10.0 Å². The molecule has 0 spiro atoms. The second-order valence-electron chi connectivity index (χ2n) is 6.71. The first-order chi connectivity index (χ1) is 11.6. The molecule has 0 unspecified atom stereocenters. The molecule has 1 saturated heterocycles. The summed E-state index contributed by atoms with van der Waals surface area (Å²) in [5.41, 5.74) is 6.72. The van der Waals surface area contributed by atoms with Crippen molar-refractivity contribution in [2.75, 3.05) is 20.1 Å². The molecule has 0 saturated carbocycles. The van der Waals surface area contributed by atoms with Crippen molar-refractivity contribution in [2.45, 2.75) is 25.7 Å². The molecule has 4 rings (SSSR count). The van der Waals surface area contributed by atoms with Crippen LogP contribution in [-0.2, 0) is 12.8 Å². The fourth-order valence-corrected chi connectivity index (χ4v) is 4.95. The van der Waals surface area contributed by atoms with Crippen LogP contribution in [0.5, 0.6) is 0 Å². The average Bonchev–Trinajstić information content (AvgIpc) is 2.94. The highest BCUT2D eigenvalue weighted by molar-refractivity contribution is 7.15. The van der Waals surface area contributed by atoms with Crippen LogP contribution in [0.3, 0.4) is 0 Å². The molecule has 124 valence electrons. The van der Waals surface area contributed by atoms with E-state index in [9.17, 15) is 9.90 Å². The lowest BCUT2D eigenvalue weighted by atomic mass is 9.90. The second-order valence-corrected chi connectivity index (χ2v) is 7.76. The number of benzene rings is 1. The molecular formula is C20H21NO2S. The number of carboxylic acids is 1. The van der Waals surface area contributed by atoms with Crippen LogP contribution in [-0.4, -0.2) is 36.1 Å². The Labute approximate surface area is 146 Å². The largest absolute Gasteiger partial charge is 0.477 e. The maximum atomic E-state index is 11.5. The first-order valence-corrected chi connectivity index (χ1v) is 9.30. The van der Waals surface area contributed by atoms with E-state index in [1.54, 1.807) is 0 Å². The van der Waals surface area contributed by atoms with Gasteiger partial charge in [0.15, 0.2) is 0 Å². The molecule has 1 fully saturated rings. The maximum absolute atomic E-state index is 11.5. The number of piperidine rings is 1. The Balaban J connectivity index is 1.92. The third-order valence-corrected chi connectivity index (χ3v) is 6.32. The maximum Gasteiger partial charge on any atom is 0.345 e. The number of hydrogen-bond donors (Lipinski definition) is 1. The summed E-state index contributed by atoms with van der Waals surface area (Å²) in [7, 11) is 2.17. The van der Waals surface area contributed by atoms with Gasteiger partial charge >= 0.3 is 5.97 Å². The van der Waals surface area contributed by atoms with E-state index in [0.29, 0.717) is 4.88 Å². The molecule has 24 heavy (non-hydrogen) atoms. The molecule has 0 radical (unpaired) electrons. The molecular weight excluding hydrogens is 318 g/mol. The third-order valence-electron chi connectivity index (χ3n) is 5.14. The fourth-order valence-electron chi connectivity index (χ4n) is 3.79. The van der Waals surface area contributed by atoms with E-state index in [1.165, 1.54) is 44.1 Å². The zero-order valence-electron chi connectivity index (χ0n) is 13.8. The Morgan fingerprint density at radius 3 is 2.54 bits per heavy atom. The number of likely N-dealkylation sites (tertiary alicyclic amines) is 1. The Morgan fingerprint density at radius 1 is 1.08 bits per heavy atom. The summed E-state index contributed by atoms with van der Waals surface area (Å²) in [6, 6.07) is 10.5. The molecule has 1 aliphatic carbocycles. The number of hydrogen-bond acceptors (Lipinski definition) is 3. The first-order valence-electron chi connectivity index (χ1n) is 8.48. The van der Waals surface area contributed by atoms with Crippen molar-refractivity contribution >= 4 is 22.9 Å². The topological polar surface area (TPSA) is 40.5 Å². The summed E-state index contributed by atoms with van der Waals surface area (Å²) in [4.78, 5) is 15.5. The molecule has 0 atom stereocenters. The minimum absolute atomic E-state index is 0.463. The fraction of sp³-hybridized carbons (Fsp3) is 0.350. The van der Waals surface area contributed by atoms with Crippen molar-refractivity contribution in [3.05, 3.63) is 62.3 Å². The lowest BCUT2D eigenvalue weighted by Gasteiger charge is -2.27. The molecule has 2 aliphatic rings. The number of fused-ring (bicyclic) bond motifs is 2. The van der Waals surface area contributed by atoms with Gasteiger partial charge in [0.2, 0.25) is 0 Å². The SMILES string of the molecule is CN1CCC(=C2c3ccccc3CCc3cc(C(=O)O)sc32)CC1. The molecule has 1 aromatic carbocycles. The standard InChI is InChI=1S/C20H21NO2S/c1-21-10-8-14(9-11-21)18-16-5-3-2-4-13(16)6-7-15-12-17(20(22)23)24-19(15)18/h2-5,12H,6-11H2,1H3,(H,22,23). The van der Waals surface area contributed by atoms with E-state index in [4.69, 9.17) is 0 Å². The van der Waals surface area contributed by atoms with Gasteiger partial charge in [0, 0.05) is 18.0 Å². The van der Waals surface area contributed by atoms with Gasteiger partial charge in [0.05, 0.1) is 0 Å². The zero-order chi connectivity index (χ0) is 16.7. The molecule has 0 bridgehead atoms. The van der Waals surface area contributed by atoms with Crippen molar-refractivity contribution < 1.29 is 9.90 Å². The van der Waals surface area contributed by atoms with Crippen molar-refractivity contribution in [2.24, 2.45) is 0 Å². The number of rotatable bonds is 1. The van der Waals surface area contributed by atoms with Crippen LogP contribution in [0.15, 0.2) is 35.9 Å². The van der Waals surface area contributed by atoms with Gasteiger partial charge in [-0.1, -0.05) is 29.8 Å². The molecule has 1 aliphatic heterocycles. The lowest BCUT2D eigenvalue weighted by molar-refractivity contribution is 0.0702. The smallest absolute Gasteiger partial charge is 0.345 e. The minimum Gasteiger partial charge on any atom is -0.477 e. The predicted molar refractivity (Wildman–Crippen MR) is 97.9 cm³/mol. The predicted octanol–water partition coefficient (Wildman–Crippen LogP) is 4.07. The zero-order valence-corrected chi connectivity index (χ0v) is 14.7. The minimum atomic E-state index is -0.811. The Bertz CT molecular complexity index is 824. The van der Waals surface area contributed by atoms with E-state index >= 15 is 0 Å². The monoisotopic (exact) mass is 339 g/mol. The van der Waals surface area contributed by atoms with Crippen LogP contribution < -0.4 is 0 Å². The van der Waals surface area contributed by atoms with E-state index in [2.05, 4.69) is 36.2 Å². The Kier molecular flexibility index (Phi) is 4.02. The highest BCUT2D eigenvalue weighted by atomic mass is 32.1. The summed E-state index contributed by atoms with van der Waals surface area (Å²) in [5.74, 6) is -0.811. The van der Waals surface area contributed by atoms with Crippen LogP contribution in [0.4, 0.5) is 0 Å². The number of carboxylic acid groups (broad SMARTS) is 1. The van der Waals surface area contributed by atoms with Gasteiger partial charge in [-0.05, 0) is 61.1 Å². The van der Waals surface area contributed by atoms with Crippen molar-refractivity contribution in [3.8, 4) is 0 Å². The van der Waals surface area contributed by atoms with E-state index in [0.717, 1.165) is 38.8 Å². The Hall–Kier alpha value is -1.91. The third kappa shape index (κ3) is 2.70. The van der Waals surface area contributed by atoms with Gasteiger partial charge in [-0.3, -0.25) is 0 Å². The summed E-state index contributed by atoms with van der Waals surface area (Å²) < 4.78 is 0. The first kappa shape index (κ1) is 15.6. The van der Waals surface area contributed by atoms with Gasteiger partial charge in [-0.2, -0.15) is 0 Å². The molecule has 4 heteroatoms. The molecule has 3 nitrogen and oxygen atoms in total. The highest BCUT2D eigenvalue weighted by Crippen LogP contribution is 2.42. The summed E-state index contributed by atoms with van der Waals surface area (Å²) in [6.45, 7) is 2.15. The summed E-state index contributed by atoms with van der Waals surface area (Å²) >= 11 is 1.45. The number of thiophene rings is 1. The normalized spacial score (nSPS) is 18.0. The molecule has 0 amide bonds. The van der Waals surface area contributed by atoms with Crippen molar-refractivity contribution in [3.63, 3.8) is 0 Å². The molecule has 1 aromatic heterocycles. The highest BCUT2D eigenvalue weighted by Gasteiger charge is 2.26. The summed E-state index contributed by atoms with van der Waals surface area (Å²) in [6.07, 6.45) is 4.04. The molecule has 1 N–H and O–H groups in total. The van der Waals surface area contributed by atoms with E-state index in [1.807, 2.05) is 6.07 Å². The quantitative estimate of drug-likeness (QED) is 0.851. The van der Waals surface area contributed by atoms with Crippen LogP contribution in [0.25, 0.3) is 5.57 Å². The number of carbonyl (C=O) groups is 1. The second kappa shape index (κ2) is 6.19. The summed E-state index contributed by atoms with van der Waals surface area (Å²) in [5, 5.41) is 9.42. The van der Waals surface area contributed by atoms with Gasteiger partial charge in [-0.15, -0.1) is 11.3 Å². The lowest BCUT2D eigenvalue weighted by Crippen LogP contribution is -2.26. The van der Waals surface area contributed by atoms with Gasteiger partial charge in [0.1, 0.15) is 4.88 Å². The average molecular weight is 339 g/mol. The van der Waals surface area contributed by atoms with Crippen molar-refractivity contribution in [1.29, 1.82) is 0 Å². The van der Waals surface area contributed by atoms with Crippen LogP contribution in [0.2, 0.25) is 0 Å². The number of aryl methyl sites for hydroxylation is 2. The van der Waals surface area contributed by atoms with Gasteiger partial charge in [-0.25, -0.2) is 4.79 Å². The van der Waals surface area contributed by atoms with Crippen LogP contribution in [0, 0.1) is 0 Å². The molecule has 2 aromatic rings. The van der Waals surface area contributed by atoms with Crippen LogP contribution >= 0.6 is 11.3 Å². The van der Waals surface area contributed by atoms with E-state index < -0.39 is 5.97 Å². The van der Waals surface area contributed by atoms with E-state index in [-0.39, 0.29) is 0 Å². The Morgan fingerprint density at radius 2 is 1.79 bits per heavy atom. The van der Waals surface area contributed by atoms with Crippen LogP contribution in [0.1, 0.15) is 44.1 Å². The number of aromatic carboxylic acids is 1. The molecule has 2 heterocycles. The van der Waals surface area contributed by atoms with Gasteiger partial charge in [0.25, 0.3) is 0 Å². The van der Waals surface area contributed by atoms with Crippen molar-refractivity contribution in [1.82, 2.24) is 4.90 Å².